The zero-order valence-electron chi connectivity index (χ0n) is 19.8. The molecule has 0 bridgehead atoms. The van der Waals surface area contributed by atoms with Gasteiger partial charge in [-0.2, -0.15) is 4.68 Å². The zero-order chi connectivity index (χ0) is 22.8. The first kappa shape index (κ1) is 22.6. The lowest BCUT2D eigenvalue weighted by Crippen LogP contribution is -3.14. The summed E-state index contributed by atoms with van der Waals surface area (Å²) in [6, 6.07) is 14.9. The molecule has 0 radical (unpaired) electrons. The number of nitrogens with zero attached hydrogens (tertiary/aromatic N) is 4. The lowest BCUT2D eigenvalue weighted by Gasteiger charge is -2.34. The number of piperazine rings is 1. The Balaban J connectivity index is 1.51. The molecule has 0 spiro atoms. The van der Waals surface area contributed by atoms with Gasteiger partial charge in [-0.15, -0.1) is 5.10 Å². The highest BCUT2D eigenvalue weighted by Gasteiger charge is 2.24. The molecule has 1 fully saturated rings. The number of benzene rings is 2. The van der Waals surface area contributed by atoms with Gasteiger partial charge in [0.25, 0.3) is 0 Å². The minimum atomic E-state index is 0.240. The van der Waals surface area contributed by atoms with Crippen LogP contribution in [0.5, 0.6) is 5.75 Å². The van der Waals surface area contributed by atoms with E-state index in [0.29, 0.717) is 0 Å². The van der Waals surface area contributed by atoms with Gasteiger partial charge in [0.15, 0.2) is 12.5 Å². The van der Waals surface area contributed by atoms with E-state index in [1.165, 1.54) is 21.7 Å². The Hall–Kier alpha value is -2.64. The van der Waals surface area contributed by atoms with Gasteiger partial charge in [0.05, 0.1) is 33.3 Å². The number of quaternary nitrogens is 1. The fourth-order valence-electron chi connectivity index (χ4n) is 4.44. The first-order valence-electron chi connectivity index (χ1n) is 11.4. The molecule has 1 aliphatic rings. The van der Waals surface area contributed by atoms with Crippen LogP contribution in [-0.2, 0) is 6.67 Å². The molecule has 4 rings (SSSR count). The summed E-state index contributed by atoms with van der Waals surface area (Å²) in [6.07, 6.45) is 0. The molecular weight excluding hydrogens is 418 g/mol. The number of methoxy groups -OCH3 is 1. The number of aryl methyl sites for hydroxylation is 1. The first-order valence-corrected chi connectivity index (χ1v) is 11.8. The van der Waals surface area contributed by atoms with Gasteiger partial charge in [-0.1, -0.05) is 12.1 Å². The van der Waals surface area contributed by atoms with Gasteiger partial charge >= 0.3 is 0 Å². The molecule has 1 N–H and O–H groups in total. The van der Waals surface area contributed by atoms with E-state index in [9.17, 15) is 0 Å². The maximum absolute atomic E-state index is 5.85. The molecule has 6 nitrogen and oxygen atoms in total. The van der Waals surface area contributed by atoms with Crippen LogP contribution in [0.3, 0.4) is 0 Å². The molecule has 1 aromatic heterocycles. The van der Waals surface area contributed by atoms with E-state index in [-0.39, 0.29) is 6.04 Å². The number of hydrogen-bond donors (Lipinski definition) is 1. The third kappa shape index (κ3) is 4.45. The summed E-state index contributed by atoms with van der Waals surface area (Å²) in [4.78, 5) is 4.03. The Morgan fingerprint density at radius 1 is 1.06 bits per heavy atom. The van der Waals surface area contributed by atoms with Crippen molar-refractivity contribution in [3.05, 3.63) is 58.4 Å². The number of ether oxygens (including phenoxy) is 1. The molecule has 0 amide bonds. The maximum atomic E-state index is 5.85. The molecule has 0 unspecified atom stereocenters. The van der Waals surface area contributed by atoms with Crippen molar-refractivity contribution < 1.29 is 9.64 Å². The van der Waals surface area contributed by atoms with Gasteiger partial charge in [-0.25, -0.2) is 0 Å². The highest BCUT2D eigenvalue weighted by atomic mass is 32.1. The molecule has 0 aliphatic carbocycles. The van der Waals surface area contributed by atoms with E-state index in [1.807, 2.05) is 16.8 Å². The SMILES string of the molecule is COc1ccc(-c2nn(C[NH+]3CCN(c4cccc(C)c4C)CC3)c(=S)n2C(C)C)cc1. The molecule has 170 valence electrons. The smallest absolute Gasteiger partial charge is 0.203 e. The number of aromatic nitrogens is 3. The lowest BCUT2D eigenvalue weighted by atomic mass is 10.1. The second-order valence-corrected chi connectivity index (χ2v) is 9.28. The number of hydrogen-bond acceptors (Lipinski definition) is 4. The van der Waals surface area contributed by atoms with Crippen LogP contribution in [-0.4, -0.2) is 47.6 Å². The topological polar surface area (TPSA) is 39.7 Å². The van der Waals surface area contributed by atoms with Gasteiger partial charge < -0.3 is 14.5 Å². The average molecular weight is 453 g/mol. The molecule has 0 atom stereocenters. The number of anilines is 1. The van der Waals surface area contributed by atoms with E-state index >= 15 is 0 Å². The molecule has 7 heteroatoms. The van der Waals surface area contributed by atoms with Crippen LogP contribution in [0.25, 0.3) is 11.4 Å². The van der Waals surface area contributed by atoms with Crippen molar-refractivity contribution in [2.45, 2.75) is 40.4 Å². The van der Waals surface area contributed by atoms with Crippen LogP contribution in [0.4, 0.5) is 5.69 Å². The Morgan fingerprint density at radius 3 is 2.38 bits per heavy atom. The van der Waals surface area contributed by atoms with Crippen molar-refractivity contribution in [3.8, 4) is 17.1 Å². The molecule has 0 saturated carbocycles. The van der Waals surface area contributed by atoms with Gasteiger partial charge in [0.1, 0.15) is 5.75 Å². The predicted octanol–water partition coefficient (Wildman–Crippen LogP) is 3.65. The minimum absolute atomic E-state index is 0.240. The summed E-state index contributed by atoms with van der Waals surface area (Å²) >= 11 is 5.85. The Kier molecular flexibility index (Phi) is 6.67. The predicted molar refractivity (Wildman–Crippen MR) is 132 cm³/mol. The molecule has 1 saturated heterocycles. The largest absolute Gasteiger partial charge is 0.497 e. The minimum Gasteiger partial charge on any atom is -0.497 e. The Bertz CT molecular complexity index is 1120. The van der Waals surface area contributed by atoms with Gasteiger partial charge in [0.2, 0.25) is 4.77 Å². The summed E-state index contributed by atoms with van der Waals surface area (Å²) < 4.78 is 10.3. The maximum Gasteiger partial charge on any atom is 0.203 e. The summed E-state index contributed by atoms with van der Waals surface area (Å²) in [5.41, 5.74) is 5.16. The highest BCUT2D eigenvalue weighted by molar-refractivity contribution is 7.71. The number of nitrogens with one attached hydrogen (secondary N) is 1. The quantitative estimate of drug-likeness (QED) is 0.580. The van der Waals surface area contributed by atoms with Crippen molar-refractivity contribution in [1.29, 1.82) is 0 Å². The van der Waals surface area contributed by atoms with Crippen LogP contribution in [0.15, 0.2) is 42.5 Å². The summed E-state index contributed by atoms with van der Waals surface area (Å²) in [5, 5.41) is 4.95. The standard InChI is InChI=1S/C25H33N5OS/c1-18(2)30-24(21-9-11-22(31-5)12-10-21)26-29(25(30)32)17-27-13-15-28(16-14-27)23-8-6-7-19(3)20(23)4/h6-12,18H,13-17H2,1-5H3/p+1. The molecular formula is C25H34N5OS+. The van der Waals surface area contributed by atoms with Gasteiger partial charge in [-0.05, 0) is 81.4 Å². The van der Waals surface area contributed by atoms with Crippen molar-refractivity contribution >= 4 is 17.9 Å². The second kappa shape index (κ2) is 9.46. The first-order chi connectivity index (χ1) is 15.4. The highest BCUT2D eigenvalue weighted by Crippen LogP contribution is 2.25. The van der Waals surface area contributed by atoms with Crippen molar-refractivity contribution in [1.82, 2.24) is 14.3 Å². The summed E-state index contributed by atoms with van der Waals surface area (Å²) in [7, 11) is 1.68. The van der Waals surface area contributed by atoms with Crippen LogP contribution >= 0.6 is 12.2 Å². The molecule has 2 heterocycles. The third-order valence-electron chi connectivity index (χ3n) is 6.50. The van der Waals surface area contributed by atoms with Crippen LogP contribution in [0, 0.1) is 18.6 Å². The van der Waals surface area contributed by atoms with Crippen LogP contribution in [0.2, 0.25) is 0 Å². The third-order valence-corrected chi connectivity index (χ3v) is 6.90. The molecule has 32 heavy (non-hydrogen) atoms. The van der Waals surface area contributed by atoms with E-state index in [2.05, 4.69) is 67.5 Å². The van der Waals surface area contributed by atoms with Crippen molar-refractivity contribution in [2.75, 3.05) is 38.2 Å². The second-order valence-electron chi connectivity index (χ2n) is 8.91. The van der Waals surface area contributed by atoms with E-state index < -0.39 is 0 Å². The fourth-order valence-corrected chi connectivity index (χ4v) is 4.84. The van der Waals surface area contributed by atoms with Crippen molar-refractivity contribution in [2.24, 2.45) is 0 Å². The van der Waals surface area contributed by atoms with E-state index in [0.717, 1.165) is 54.8 Å². The average Bonchev–Trinajstić information content (AvgIpc) is 3.12. The Morgan fingerprint density at radius 2 is 1.75 bits per heavy atom. The fraction of sp³-hybridized carbons (Fsp3) is 0.440. The normalized spacial score (nSPS) is 14.9. The lowest BCUT2D eigenvalue weighted by molar-refractivity contribution is -0.924. The Labute approximate surface area is 196 Å². The molecule has 2 aromatic carbocycles. The summed E-state index contributed by atoms with van der Waals surface area (Å²) in [6.45, 7) is 13.8. The zero-order valence-corrected chi connectivity index (χ0v) is 20.6. The van der Waals surface area contributed by atoms with Crippen molar-refractivity contribution in [3.63, 3.8) is 0 Å². The van der Waals surface area contributed by atoms with Crippen LogP contribution < -0.4 is 14.5 Å². The summed E-state index contributed by atoms with van der Waals surface area (Å²) in [5.74, 6) is 1.76. The number of rotatable bonds is 6. The molecule has 1 aliphatic heterocycles. The van der Waals surface area contributed by atoms with E-state index in [1.54, 1.807) is 7.11 Å². The monoisotopic (exact) mass is 452 g/mol. The van der Waals surface area contributed by atoms with Gasteiger partial charge in [-0.3, -0.25) is 4.57 Å². The van der Waals surface area contributed by atoms with Crippen LogP contribution in [0.1, 0.15) is 31.0 Å². The van der Waals surface area contributed by atoms with Gasteiger partial charge in [0, 0.05) is 17.3 Å². The van der Waals surface area contributed by atoms with E-state index in [4.69, 9.17) is 22.1 Å². The molecule has 3 aromatic rings.